The van der Waals surface area contributed by atoms with Gasteiger partial charge in [0, 0.05) is 11.3 Å². The minimum Gasteiger partial charge on any atom is -0.459 e. The Morgan fingerprint density at radius 3 is 2.75 bits per heavy atom. The molecule has 1 aliphatic heterocycles. The number of carbonyl (C=O) groups excluding carboxylic acids is 1. The van der Waals surface area contributed by atoms with Crippen LogP contribution in [0.2, 0.25) is 0 Å². The monoisotopic (exact) mass is 332 g/mol. The van der Waals surface area contributed by atoms with Gasteiger partial charge >= 0.3 is 5.97 Å². The van der Waals surface area contributed by atoms with E-state index < -0.39 is 23.2 Å². The molecule has 4 nitrogen and oxygen atoms in total. The van der Waals surface area contributed by atoms with Gasteiger partial charge in [-0.05, 0) is 62.4 Å². The Bertz CT molecular complexity index is 658. The van der Waals surface area contributed by atoms with Crippen molar-refractivity contribution in [3.8, 4) is 0 Å². The third kappa shape index (κ3) is 1.40. The van der Waals surface area contributed by atoms with Crippen LogP contribution in [0.4, 0.5) is 0 Å². The van der Waals surface area contributed by atoms with Crippen LogP contribution in [0.25, 0.3) is 0 Å². The van der Waals surface area contributed by atoms with Crippen LogP contribution < -0.4 is 0 Å². The van der Waals surface area contributed by atoms with E-state index in [9.17, 15) is 15.0 Å². The van der Waals surface area contributed by atoms with Crippen molar-refractivity contribution >= 4 is 5.97 Å². The first kappa shape index (κ1) is 15.4. The van der Waals surface area contributed by atoms with E-state index in [-0.39, 0.29) is 22.7 Å². The number of hydrogen-bond acceptors (Lipinski definition) is 4. The van der Waals surface area contributed by atoms with E-state index in [1.165, 1.54) is 0 Å². The Balaban J connectivity index is 1.69. The van der Waals surface area contributed by atoms with Gasteiger partial charge in [-0.1, -0.05) is 19.9 Å². The summed E-state index contributed by atoms with van der Waals surface area (Å²) in [4.78, 5) is 12.7. The maximum Gasteiger partial charge on any atom is 0.312 e. The molecule has 0 aromatic heterocycles. The Hall–Kier alpha value is -0.870. The average molecular weight is 332 g/mol. The minimum absolute atomic E-state index is 0.00495. The zero-order chi connectivity index (χ0) is 17.1. The van der Waals surface area contributed by atoms with Crippen LogP contribution in [0.5, 0.6) is 0 Å². The van der Waals surface area contributed by atoms with Gasteiger partial charge in [-0.3, -0.25) is 4.79 Å². The summed E-state index contributed by atoms with van der Waals surface area (Å²) in [6.45, 7) is 8.51. The third-order valence-electron chi connectivity index (χ3n) is 8.91. The largest absolute Gasteiger partial charge is 0.459 e. The van der Waals surface area contributed by atoms with Gasteiger partial charge in [0.05, 0.1) is 17.1 Å². The molecule has 5 aliphatic rings. The lowest BCUT2D eigenvalue weighted by Gasteiger charge is -2.64. The lowest BCUT2D eigenvalue weighted by Crippen LogP contribution is -2.66. The minimum atomic E-state index is -0.832. The van der Waals surface area contributed by atoms with Crippen molar-refractivity contribution in [3.05, 3.63) is 12.2 Å². The maximum absolute atomic E-state index is 12.7. The molecule has 5 rings (SSSR count). The first-order chi connectivity index (χ1) is 11.2. The first-order valence-corrected chi connectivity index (χ1v) is 9.47. The third-order valence-corrected chi connectivity index (χ3v) is 8.91. The highest BCUT2D eigenvalue weighted by atomic mass is 16.6. The molecule has 1 spiro atoms. The van der Waals surface area contributed by atoms with Crippen LogP contribution in [0, 0.1) is 28.1 Å². The van der Waals surface area contributed by atoms with Crippen molar-refractivity contribution in [3.63, 3.8) is 0 Å². The van der Waals surface area contributed by atoms with E-state index in [0.29, 0.717) is 18.8 Å². The molecular formula is C20H28O4. The second-order valence-electron chi connectivity index (χ2n) is 9.88. The molecule has 24 heavy (non-hydrogen) atoms. The van der Waals surface area contributed by atoms with Gasteiger partial charge in [0.25, 0.3) is 0 Å². The molecule has 4 saturated carbocycles. The number of aliphatic hydroxyl groups is 2. The van der Waals surface area contributed by atoms with Crippen LogP contribution >= 0.6 is 0 Å². The summed E-state index contributed by atoms with van der Waals surface area (Å²) in [7, 11) is 0. The normalized spacial score (nSPS) is 61.3. The van der Waals surface area contributed by atoms with Crippen molar-refractivity contribution < 1.29 is 19.7 Å². The van der Waals surface area contributed by atoms with Gasteiger partial charge < -0.3 is 14.9 Å². The smallest absolute Gasteiger partial charge is 0.312 e. The fraction of sp³-hybridized carbons (Fsp3) is 0.850. The Kier molecular flexibility index (Phi) is 2.62. The number of aliphatic hydroxyl groups excluding tert-OH is 1. The second kappa shape index (κ2) is 4.09. The standard InChI is InChI=1S/C20H28O4/c1-11-9-19-10-20(11,23)8-5-12(19)17(2)6-4-7-18(3)14(17)13(15(19)21)24-16(18)22/h12-15,21,23H,1,4-10H2,2-3H3/t12-,13+,14-,15?,17-,18+,19-,20-/m0/s1. The van der Waals surface area contributed by atoms with Gasteiger partial charge in [0.15, 0.2) is 0 Å². The fourth-order valence-corrected chi connectivity index (χ4v) is 8.01. The van der Waals surface area contributed by atoms with Gasteiger partial charge in [-0.2, -0.15) is 0 Å². The zero-order valence-corrected chi connectivity index (χ0v) is 14.7. The number of carbonyl (C=O) groups is 1. The molecule has 0 aromatic rings. The van der Waals surface area contributed by atoms with Gasteiger partial charge in [-0.15, -0.1) is 0 Å². The molecule has 8 atom stereocenters. The van der Waals surface area contributed by atoms with Crippen LogP contribution in [0.15, 0.2) is 12.2 Å². The summed E-state index contributed by atoms with van der Waals surface area (Å²) in [6, 6.07) is 0. The number of esters is 1. The number of hydrogen-bond donors (Lipinski definition) is 2. The van der Waals surface area contributed by atoms with E-state index in [4.69, 9.17) is 4.74 Å². The number of rotatable bonds is 0. The molecule has 5 fully saturated rings. The van der Waals surface area contributed by atoms with Crippen LogP contribution in [-0.2, 0) is 9.53 Å². The number of ether oxygens (including phenoxy) is 1. The molecule has 2 bridgehead atoms. The molecule has 132 valence electrons. The van der Waals surface area contributed by atoms with Gasteiger partial charge in [-0.25, -0.2) is 0 Å². The van der Waals surface area contributed by atoms with E-state index in [1.54, 1.807) is 0 Å². The zero-order valence-electron chi connectivity index (χ0n) is 14.7. The summed E-state index contributed by atoms with van der Waals surface area (Å²) >= 11 is 0. The summed E-state index contributed by atoms with van der Waals surface area (Å²) in [6.07, 6.45) is 4.79. The van der Waals surface area contributed by atoms with Crippen LogP contribution in [0.1, 0.15) is 58.8 Å². The lowest BCUT2D eigenvalue weighted by atomic mass is 9.40. The van der Waals surface area contributed by atoms with Crippen LogP contribution in [-0.4, -0.2) is 34.0 Å². The van der Waals surface area contributed by atoms with E-state index in [2.05, 4.69) is 20.4 Å². The highest BCUT2D eigenvalue weighted by Crippen LogP contribution is 2.74. The lowest BCUT2D eigenvalue weighted by molar-refractivity contribution is -0.229. The Labute approximate surface area is 143 Å². The maximum atomic E-state index is 12.7. The summed E-state index contributed by atoms with van der Waals surface area (Å²) < 4.78 is 5.82. The summed E-state index contributed by atoms with van der Waals surface area (Å²) in [5, 5.41) is 22.3. The molecule has 2 N–H and O–H groups in total. The molecular weight excluding hydrogens is 304 g/mol. The van der Waals surface area contributed by atoms with E-state index in [1.807, 2.05) is 0 Å². The van der Waals surface area contributed by atoms with Crippen molar-refractivity contribution in [1.29, 1.82) is 0 Å². The average Bonchev–Trinajstić information content (AvgIpc) is 2.88. The van der Waals surface area contributed by atoms with E-state index >= 15 is 0 Å². The summed E-state index contributed by atoms with van der Waals surface area (Å²) in [5.74, 6) is 0.302. The van der Waals surface area contributed by atoms with Crippen molar-refractivity contribution in [2.24, 2.45) is 28.1 Å². The molecule has 4 aliphatic carbocycles. The predicted octanol–water partition coefficient (Wildman–Crippen LogP) is 2.58. The second-order valence-corrected chi connectivity index (χ2v) is 9.88. The molecule has 1 saturated heterocycles. The van der Waals surface area contributed by atoms with Gasteiger partial charge in [0.2, 0.25) is 0 Å². The van der Waals surface area contributed by atoms with Crippen molar-refractivity contribution in [2.75, 3.05) is 0 Å². The van der Waals surface area contributed by atoms with Gasteiger partial charge in [0.1, 0.15) is 6.10 Å². The molecule has 1 unspecified atom stereocenters. The van der Waals surface area contributed by atoms with Crippen molar-refractivity contribution in [2.45, 2.75) is 76.6 Å². The number of fused-ring (bicyclic) bond motifs is 2. The quantitative estimate of drug-likeness (QED) is 0.528. The Morgan fingerprint density at radius 2 is 2.00 bits per heavy atom. The highest BCUT2D eigenvalue weighted by Gasteiger charge is 2.76. The molecule has 0 amide bonds. The molecule has 0 radical (unpaired) electrons. The molecule has 0 aromatic carbocycles. The Morgan fingerprint density at radius 1 is 1.25 bits per heavy atom. The highest BCUT2D eigenvalue weighted by molar-refractivity contribution is 5.80. The topological polar surface area (TPSA) is 66.8 Å². The molecule has 4 heteroatoms. The first-order valence-electron chi connectivity index (χ1n) is 9.47. The molecule has 1 heterocycles. The SMILES string of the molecule is C=C1C[C@]23C[C@@]1(O)CC[C@H]2[C@]1(C)CCC[C@@]2(C)C(=O)O[C@@H](C3O)[C@@H]12. The fourth-order valence-electron chi connectivity index (χ4n) is 8.01. The van der Waals surface area contributed by atoms with Crippen molar-refractivity contribution in [1.82, 2.24) is 0 Å². The van der Waals surface area contributed by atoms with E-state index in [0.717, 1.165) is 37.7 Å². The predicted molar refractivity (Wildman–Crippen MR) is 87.9 cm³/mol. The summed E-state index contributed by atoms with van der Waals surface area (Å²) in [5.41, 5.74) is -0.794. The van der Waals surface area contributed by atoms with Crippen LogP contribution in [0.3, 0.4) is 0 Å².